The Morgan fingerprint density at radius 2 is 2.24 bits per heavy atom. The molecule has 0 aromatic rings. The van der Waals surface area contributed by atoms with Gasteiger partial charge in [0.25, 0.3) is 0 Å². The summed E-state index contributed by atoms with van der Waals surface area (Å²) in [7, 11) is 0. The smallest absolute Gasteiger partial charge is 0.410 e. The van der Waals surface area contributed by atoms with E-state index < -0.39 is 5.60 Å². The summed E-state index contributed by atoms with van der Waals surface area (Å²) in [6, 6.07) is 0. The molecule has 98 valence electrons. The zero-order valence-corrected chi connectivity index (χ0v) is 11.2. The first-order valence-corrected chi connectivity index (χ1v) is 6.11. The lowest BCUT2D eigenvalue weighted by Crippen LogP contribution is -2.43. The fraction of sp³-hybridized carbons (Fsp3) is 0.769. The van der Waals surface area contributed by atoms with Crippen LogP contribution in [0.15, 0.2) is 11.6 Å². The molecule has 1 heterocycles. The number of aliphatic hydroxyl groups is 1. The lowest BCUT2D eigenvalue weighted by molar-refractivity contribution is 0.0208. The van der Waals surface area contributed by atoms with Gasteiger partial charge in [-0.15, -0.1) is 0 Å². The number of ether oxygens (including phenoxy) is 1. The Hall–Kier alpha value is -1.03. The molecular formula is C13H23NO3. The van der Waals surface area contributed by atoms with Crippen molar-refractivity contribution in [2.24, 2.45) is 5.92 Å². The Labute approximate surface area is 103 Å². The van der Waals surface area contributed by atoms with Gasteiger partial charge in [0.2, 0.25) is 0 Å². The summed E-state index contributed by atoms with van der Waals surface area (Å²) >= 11 is 0. The van der Waals surface area contributed by atoms with E-state index in [-0.39, 0.29) is 12.7 Å². The molecule has 1 aliphatic rings. The minimum atomic E-state index is -0.443. The van der Waals surface area contributed by atoms with Crippen LogP contribution in [0.3, 0.4) is 0 Å². The average Bonchev–Trinajstić information content (AvgIpc) is 2.18. The zero-order valence-electron chi connectivity index (χ0n) is 11.2. The van der Waals surface area contributed by atoms with E-state index in [0.717, 1.165) is 6.42 Å². The molecule has 0 bridgehead atoms. The second kappa shape index (κ2) is 5.54. The summed E-state index contributed by atoms with van der Waals surface area (Å²) in [5.41, 5.74) is 0.786. The molecule has 1 rings (SSSR count). The van der Waals surface area contributed by atoms with E-state index in [9.17, 15) is 4.79 Å². The minimum absolute atomic E-state index is 0.0755. The van der Waals surface area contributed by atoms with E-state index in [1.807, 2.05) is 26.8 Å². The predicted molar refractivity (Wildman–Crippen MR) is 66.8 cm³/mol. The summed E-state index contributed by atoms with van der Waals surface area (Å²) in [4.78, 5) is 13.6. The fourth-order valence-corrected chi connectivity index (χ4v) is 1.96. The van der Waals surface area contributed by atoms with Gasteiger partial charge in [0, 0.05) is 13.1 Å². The molecule has 17 heavy (non-hydrogen) atoms. The van der Waals surface area contributed by atoms with Gasteiger partial charge in [-0.25, -0.2) is 4.79 Å². The molecule has 0 aromatic heterocycles. The van der Waals surface area contributed by atoms with E-state index in [2.05, 4.69) is 6.92 Å². The van der Waals surface area contributed by atoms with Crippen LogP contribution in [-0.4, -0.2) is 41.4 Å². The minimum Gasteiger partial charge on any atom is -0.444 e. The van der Waals surface area contributed by atoms with Crippen molar-refractivity contribution in [1.29, 1.82) is 0 Å². The molecule has 1 aliphatic heterocycles. The van der Waals surface area contributed by atoms with Gasteiger partial charge in [-0.05, 0) is 33.1 Å². The third kappa shape index (κ3) is 4.38. The van der Waals surface area contributed by atoms with Crippen LogP contribution in [-0.2, 0) is 4.74 Å². The number of piperidine rings is 1. The SMILES string of the molecule is CC1CN(C(=O)OC(C)(C)C)CC/C1=C/CO. The Morgan fingerprint density at radius 1 is 1.59 bits per heavy atom. The molecule has 0 radical (unpaired) electrons. The van der Waals surface area contributed by atoms with Crippen LogP contribution in [0.1, 0.15) is 34.1 Å². The zero-order chi connectivity index (χ0) is 13.1. The van der Waals surface area contributed by atoms with Gasteiger partial charge < -0.3 is 14.7 Å². The van der Waals surface area contributed by atoms with Crippen molar-refractivity contribution in [2.75, 3.05) is 19.7 Å². The summed E-state index contributed by atoms with van der Waals surface area (Å²) in [6.07, 6.45) is 2.42. The lowest BCUT2D eigenvalue weighted by Gasteiger charge is -2.34. The van der Waals surface area contributed by atoms with Crippen LogP contribution in [0.25, 0.3) is 0 Å². The number of hydrogen-bond acceptors (Lipinski definition) is 3. The topological polar surface area (TPSA) is 49.8 Å². The van der Waals surface area contributed by atoms with Crippen LogP contribution in [0.2, 0.25) is 0 Å². The van der Waals surface area contributed by atoms with E-state index in [4.69, 9.17) is 9.84 Å². The van der Waals surface area contributed by atoms with E-state index in [0.29, 0.717) is 19.0 Å². The van der Waals surface area contributed by atoms with Gasteiger partial charge in [-0.3, -0.25) is 0 Å². The van der Waals surface area contributed by atoms with Crippen LogP contribution in [0.5, 0.6) is 0 Å². The highest BCUT2D eigenvalue weighted by Gasteiger charge is 2.27. The van der Waals surface area contributed by atoms with Crippen LogP contribution in [0, 0.1) is 5.92 Å². The second-order valence-electron chi connectivity index (χ2n) is 5.54. The van der Waals surface area contributed by atoms with Crippen LogP contribution < -0.4 is 0 Å². The third-order valence-electron chi connectivity index (χ3n) is 2.80. The number of amides is 1. The molecule has 4 heteroatoms. The van der Waals surface area contributed by atoms with Crippen molar-refractivity contribution >= 4 is 6.09 Å². The molecule has 4 nitrogen and oxygen atoms in total. The number of rotatable bonds is 1. The van der Waals surface area contributed by atoms with Crippen LogP contribution >= 0.6 is 0 Å². The molecule has 1 fully saturated rings. The van der Waals surface area contributed by atoms with Gasteiger partial charge in [0.15, 0.2) is 0 Å². The summed E-state index contributed by atoms with van der Waals surface area (Å²) in [5.74, 6) is 0.295. The maximum Gasteiger partial charge on any atom is 0.410 e. The summed E-state index contributed by atoms with van der Waals surface area (Å²) in [5, 5.41) is 8.88. The first-order chi connectivity index (χ1) is 7.83. The highest BCUT2D eigenvalue weighted by molar-refractivity contribution is 5.68. The molecule has 1 N–H and O–H groups in total. The fourth-order valence-electron chi connectivity index (χ4n) is 1.96. The molecule has 0 aliphatic carbocycles. The Morgan fingerprint density at radius 3 is 2.71 bits per heavy atom. The highest BCUT2D eigenvalue weighted by atomic mass is 16.6. The highest BCUT2D eigenvalue weighted by Crippen LogP contribution is 2.23. The Kier molecular flexibility index (Phi) is 4.57. The van der Waals surface area contributed by atoms with Gasteiger partial charge >= 0.3 is 6.09 Å². The van der Waals surface area contributed by atoms with Gasteiger partial charge in [-0.2, -0.15) is 0 Å². The molecule has 0 spiro atoms. The number of carbonyl (C=O) groups excluding carboxylic acids is 1. The van der Waals surface area contributed by atoms with Crippen molar-refractivity contribution in [2.45, 2.75) is 39.7 Å². The number of likely N-dealkylation sites (tertiary alicyclic amines) is 1. The maximum atomic E-state index is 11.9. The van der Waals surface area contributed by atoms with Gasteiger partial charge in [-0.1, -0.05) is 18.6 Å². The van der Waals surface area contributed by atoms with Crippen molar-refractivity contribution < 1.29 is 14.6 Å². The molecule has 1 atom stereocenters. The Balaban J connectivity index is 2.55. The second-order valence-corrected chi connectivity index (χ2v) is 5.54. The van der Waals surface area contributed by atoms with Crippen molar-refractivity contribution in [3.63, 3.8) is 0 Å². The molecule has 0 aromatic carbocycles. The quantitative estimate of drug-likeness (QED) is 0.716. The van der Waals surface area contributed by atoms with E-state index in [1.54, 1.807) is 4.90 Å². The number of carbonyl (C=O) groups is 1. The van der Waals surface area contributed by atoms with Crippen molar-refractivity contribution in [1.82, 2.24) is 4.90 Å². The summed E-state index contributed by atoms with van der Waals surface area (Å²) < 4.78 is 5.34. The number of hydrogen-bond donors (Lipinski definition) is 1. The largest absolute Gasteiger partial charge is 0.444 e. The average molecular weight is 241 g/mol. The molecule has 0 saturated carbocycles. The molecule has 1 unspecified atom stereocenters. The monoisotopic (exact) mass is 241 g/mol. The molecule has 1 amide bonds. The van der Waals surface area contributed by atoms with Crippen LogP contribution in [0.4, 0.5) is 4.79 Å². The van der Waals surface area contributed by atoms with E-state index >= 15 is 0 Å². The maximum absolute atomic E-state index is 11.9. The predicted octanol–water partition coefficient (Wildman–Crippen LogP) is 2.18. The third-order valence-corrected chi connectivity index (χ3v) is 2.80. The van der Waals surface area contributed by atoms with Gasteiger partial charge in [0.1, 0.15) is 5.60 Å². The standard InChI is InChI=1S/C13H23NO3/c1-10-9-14(7-5-11(10)6-8-15)12(16)17-13(2,3)4/h6,10,15H,5,7-9H2,1-4H3/b11-6-. The molecular weight excluding hydrogens is 218 g/mol. The van der Waals surface area contributed by atoms with Crippen molar-refractivity contribution in [3.05, 3.63) is 11.6 Å². The normalized spacial score (nSPS) is 23.9. The van der Waals surface area contributed by atoms with E-state index in [1.165, 1.54) is 5.57 Å². The Bertz CT molecular complexity index is 304. The first-order valence-electron chi connectivity index (χ1n) is 6.11. The van der Waals surface area contributed by atoms with Gasteiger partial charge in [0.05, 0.1) is 6.61 Å². The van der Waals surface area contributed by atoms with Crippen molar-refractivity contribution in [3.8, 4) is 0 Å². The number of nitrogens with zero attached hydrogens (tertiary/aromatic N) is 1. The first kappa shape index (κ1) is 14.0. The molecule has 1 saturated heterocycles. The number of aliphatic hydroxyl groups excluding tert-OH is 1. The lowest BCUT2D eigenvalue weighted by atomic mass is 9.93. The summed E-state index contributed by atoms with van der Waals surface area (Å²) in [6.45, 7) is 9.09.